The van der Waals surface area contributed by atoms with Gasteiger partial charge in [-0.25, -0.2) is 0 Å². The molecule has 1 aromatic rings. The lowest BCUT2D eigenvalue weighted by molar-refractivity contribution is 0.368. The lowest BCUT2D eigenvalue weighted by atomic mass is 10.0. The van der Waals surface area contributed by atoms with Crippen molar-refractivity contribution in [3.05, 3.63) is 23.8 Å². The van der Waals surface area contributed by atoms with E-state index in [9.17, 15) is 5.11 Å². The quantitative estimate of drug-likeness (QED) is 0.796. The molecule has 0 spiro atoms. The van der Waals surface area contributed by atoms with Crippen LogP contribution in [0, 0.1) is 5.41 Å². The van der Waals surface area contributed by atoms with E-state index in [1.54, 1.807) is 13.2 Å². The molecule has 0 unspecified atom stereocenters. The minimum absolute atomic E-state index is 0.254. The minimum atomic E-state index is 0.254. The second-order valence-electron chi connectivity index (χ2n) is 4.93. The molecular weight excluding hydrogens is 214 g/mol. The maximum absolute atomic E-state index is 9.93. The molecule has 0 aliphatic heterocycles. The van der Waals surface area contributed by atoms with Crippen molar-refractivity contribution in [1.29, 1.82) is 0 Å². The number of para-hydroxylation sites is 1. The van der Waals surface area contributed by atoms with E-state index in [0.717, 1.165) is 12.1 Å². The van der Waals surface area contributed by atoms with Gasteiger partial charge < -0.3 is 15.2 Å². The number of phenols is 1. The van der Waals surface area contributed by atoms with Crippen LogP contribution in [-0.4, -0.2) is 18.8 Å². The normalized spacial score (nSPS) is 16.8. The van der Waals surface area contributed by atoms with Crippen molar-refractivity contribution in [3.8, 4) is 11.5 Å². The van der Waals surface area contributed by atoms with Crippen LogP contribution in [0.1, 0.15) is 31.7 Å². The van der Waals surface area contributed by atoms with Gasteiger partial charge in [0.25, 0.3) is 0 Å². The Kier molecular flexibility index (Phi) is 3.57. The van der Waals surface area contributed by atoms with Crippen LogP contribution < -0.4 is 10.1 Å². The Morgan fingerprint density at radius 3 is 2.76 bits per heavy atom. The highest BCUT2D eigenvalue weighted by atomic mass is 16.5. The van der Waals surface area contributed by atoms with Gasteiger partial charge in [0.05, 0.1) is 7.11 Å². The van der Waals surface area contributed by atoms with Crippen molar-refractivity contribution < 1.29 is 9.84 Å². The largest absolute Gasteiger partial charge is 0.504 e. The molecule has 0 radical (unpaired) electrons. The van der Waals surface area contributed by atoms with Gasteiger partial charge in [-0.3, -0.25) is 0 Å². The van der Waals surface area contributed by atoms with E-state index in [2.05, 4.69) is 12.2 Å². The van der Waals surface area contributed by atoms with E-state index >= 15 is 0 Å². The minimum Gasteiger partial charge on any atom is -0.504 e. The van der Waals surface area contributed by atoms with Crippen molar-refractivity contribution in [2.24, 2.45) is 5.41 Å². The molecule has 3 nitrogen and oxygen atoms in total. The monoisotopic (exact) mass is 235 g/mol. The molecule has 1 fully saturated rings. The fourth-order valence-corrected chi connectivity index (χ4v) is 2.17. The molecule has 0 amide bonds. The van der Waals surface area contributed by atoms with Crippen LogP contribution in [0.2, 0.25) is 0 Å². The first-order valence-corrected chi connectivity index (χ1v) is 6.26. The van der Waals surface area contributed by atoms with Crippen molar-refractivity contribution in [2.75, 3.05) is 13.7 Å². The average Bonchev–Trinajstić information content (AvgIpc) is 3.12. The highest BCUT2D eigenvalue weighted by Gasteiger charge is 2.39. The zero-order chi connectivity index (χ0) is 12.3. The van der Waals surface area contributed by atoms with E-state index in [4.69, 9.17) is 4.74 Å². The first kappa shape index (κ1) is 12.2. The van der Waals surface area contributed by atoms with Gasteiger partial charge in [-0.1, -0.05) is 19.1 Å². The number of hydrogen-bond donors (Lipinski definition) is 2. The Balaban J connectivity index is 1.90. The molecular formula is C14H21NO2. The molecule has 1 aliphatic rings. The Morgan fingerprint density at radius 1 is 1.41 bits per heavy atom. The van der Waals surface area contributed by atoms with Gasteiger partial charge in [-0.2, -0.15) is 0 Å². The van der Waals surface area contributed by atoms with E-state index in [0.29, 0.717) is 17.7 Å². The van der Waals surface area contributed by atoms with Crippen molar-refractivity contribution in [1.82, 2.24) is 5.32 Å². The molecule has 0 heterocycles. The Hall–Kier alpha value is -1.22. The van der Waals surface area contributed by atoms with Crippen LogP contribution >= 0.6 is 0 Å². The number of phenolic OH excluding ortho intramolecular Hbond substituents is 1. The van der Waals surface area contributed by atoms with Crippen molar-refractivity contribution in [2.45, 2.75) is 32.7 Å². The summed E-state index contributed by atoms with van der Waals surface area (Å²) >= 11 is 0. The maximum atomic E-state index is 9.93. The fourth-order valence-electron chi connectivity index (χ4n) is 2.17. The molecule has 2 rings (SSSR count). The first-order chi connectivity index (χ1) is 8.21. The van der Waals surface area contributed by atoms with E-state index in [1.165, 1.54) is 19.3 Å². The molecule has 0 atom stereocenters. The summed E-state index contributed by atoms with van der Waals surface area (Å²) < 4.78 is 5.09. The summed E-state index contributed by atoms with van der Waals surface area (Å²) in [7, 11) is 1.57. The summed E-state index contributed by atoms with van der Waals surface area (Å²) in [6.07, 6.45) is 3.91. The third-order valence-electron chi connectivity index (χ3n) is 3.83. The summed E-state index contributed by atoms with van der Waals surface area (Å²) in [6, 6.07) is 5.60. The summed E-state index contributed by atoms with van der Waals surface area (Å²) in [5.74, 6) is 0.796. The number of hydrogen-bond acceptors (Lipinski definition) is 3. The van der Waals surface area contributed by atoms with Gasteiger partial charge >= 0.3 is 0 Å². The number of benzene rings is 1. The smallest absolute Gasteiger partial charge is 0.162 e. The highest BCUT2D eigenvalue weighted by molar-refractivity contribution is 5.45. The molecule has 3 heteroatoms. The lowest BCUT2D eigenvalue weighted by Crippen LogP contribution is -2.23. The van der Waals surface area contributed by atoms with E-state index < -0.39 is 0 Å². The molecule has 1 aliphatic carbocycles. The first-order valence-electron chi connectivity index (χ1n) is 6.26. The van der Waals surface area contributed by atoms with Gasteiger partial charge in [-0.15, -0.1) is 0 Å². The highest BCUT2D eigenvalue weighted by Crippen LogP contribution is 2.47. The van der Waals surface area contributed by atoms with Gasteiger partial charge in [0.2, 0.25) is 0 Å². The Morgan fingerprint density at radius 2 is 2.18 bits per heavy atom. The summed E-state index contributed by atoms with van der Waals surface area (Å²) in [5.41, 5.74) is 1.44. The zero-order valence-corrected chi connectivity index (χ0v) is 10.6. The predicted molar refractivity (Wildman–Crippen MR) is 68.3 cm³/mol. The van der Waals surface area contributed by atoms with Crippen LogP contribution in [0.3, 0.4) is 0 Å². The third-order valence-corrected chi connectivity index (χ3v) is 3.83. The van der Waals surface area contributed by atoms with Gasteiger partial charge in [0.1, 0.15) is 0 Å². The summed E-state index contributed by atoms with van der Waals surface area (Å²) in [5, 5.41) is 13.4. The third kappa shape index (κ3) is 2.72. The van der Waals surface area contributed by atoms with Crippen LogP contribution in [0.4, 0.5) is 0 Å². The van der Waals surface area contributed by atoms with Crippen molar-refractivity contribution >= 4 is 0 Å². The number of methoxy groups -OCH3 is 1. The topological polar surface area (TPSA) is 41.5 Å². The van der Waals surface area contributed by atoms with E-state index in [1.807, 2.05) is 12.1 Å². The standard InChI is InChI=1S/C14H21NO2/c1-3-14(7-8-14)10-15-9-11-5-4-6-12(17-2)13(11)16/h4-6,15-16H,3,7-10H2,1-2H3. The van der Waals surface area contributed by atoms with Gasteiger partial charge in [0, 0.05) is 18.7 Å². The molecule has 1 aromatic carbocycles. The number of ether oxygens (including phenoxy) is 1. The van der Waals surface area contributed by atoms with Gasteiger partial charge in [-0.05, 0) is 30.7 Å². The van der Waals surface area contributed by atoms with Crippen molar-refractivity contribution in [3.63, 3.8) is 0 Å². The SMILES string of the molecule is CCC1(CNCc2cccc(OC)c2O)CC1. The molecule has 0 aromatic heterocycles. The van der Waals surface area contributed by atoms with Crippen LogP contribution in [0.5, 0.6) is 11.5 Å². The van der Waals surface area contributed by atoms with Gasteiger partial charge in [0.15, 0.2) is 11.5 Å². The fraction of sp³-hybridized carbons (Fsp3) is 0.571. The number of rotatable bonds is 6. The molecule has 0 bridgehead atoms. The van der Waals surface area contributed by atoms with Crippen LogP contribution in [0.25, 0.3) is 0 Å². The summed E-state index contributed by atoms with van der Waals surface area (Å²) in [6.45, 7) is 3.99. The molecule has 1 saturated carbocycles. The molecule has 0 saturated heterocycles. The number of aromatic hydroxyl groups is 1. The molecule has 2 N–H and O–H groups in total. The molecule has 17 heavy (non-hydrogen) atoms. The Bertz CT molecular complexity index is 386. The Labute approximate surface area is 103 Å². The average molecular weight is 235 g/mol. The summed E-state index contributed by atoms with van der Waals surface area (Å²) in [4.78, 5) is 0. The lowest BCUT2D eigenvalue weighted by Gasteiger charge is -2.14. The van der Waals surface area contributed by atoms with E-state index in [-0.39, 0.29) is 5.75 Å². The number of nitrogens with one attached hydrogen (secondary N) is 1. The second kappa shape index (κ2) is 4.96. The molecule has 94 valence electrons. The van der Waals surface area contributed by atoms with Crippen LogP contribution in [0.15, 0.2) is 18.2 Å². The maximum Gasteiger partial charge on any atom is 0.162 e. The predicted octanol–water partition coefficient (Wildman–Crippen LogP) is 2.68. The zero-order valence-electron chi connectivity index (χ0n) is 10.6. The van der Waals surface area contributed by atoms with Crippen LogP contribution in [-0.2, 0) is 6.54 Å². The second-order valence-corrected chi connectivity index (χ2v) is 4.93.